The third-order valence-electron chi connectivity index (χ3n) is 3.63. The van der Waals surface area contributed by atoms with Crippen LogP contribution in [-0.4, -0.2) is 20.6 Å². The van der Waals surface area contributed by atoms with Crippen molar-refractivity contribution in [1.82, 2.24) is 9.88 Å². The van der Waals surface area contributed by atoms with Gasteiger partial charge in [-0.05, 0) is 31.7 Å². The first kappa shape index (κ1) is 15.5. The summed E-state index contributed by atoms with van der Waals surface area (Å²) in [6, 6.07) is 16.4. The summed E-state index contributed by atoms with van der Waals surface area (Å²) >= 11 is 0. The Labute approximate surface area is 135 Å². The van der Waals surface area contributed by atoms with E-state index in [0.717, 1.165) is 22.4 Å². The molecule has 6 heteroatoms. The average Bonchev–Trinajstić information content (AvgIpc) is 2.97. The summed E-state index contributed by atoms with van der Waals surface area (Å²) in [5.41, 5.74) is 3.42. The molecule has 2 aromatic carbocycles. The maximum absolute atomic E-state index is 11.8. The van der Waals surface area contributed by atoms with E-state index < -0.39 is 10.0 Å². The second kappa shape index (κ2) is 5.98. The molecule has 0 atom stereocenters. The molecule has 3 aromatic rings. The van der Waals surface area contributed by atoms with Crippen LogP contribution in [0, 0.1) is 6.92 Å². The molecule has 0 fully saturated rings. The van der Waals surface area contributed by atoms with Gasteiger partial charge in [-0.1, -0.05) is 47.6 Å². The Morgan fingerprint density at radius 3 is 2.22 bits per heavy atom. The van der Waals surface area contributed by atoms with Crippen molar-refractivity contribution in [1.29, 1.82) is 0 Å². The third kappa shape index (κ3) is 2.91. The molecule has 1 heterocycles. The fourth-order valence-electron chi connectivity index (χ4n) is 2.42. The lowest BCUT2D eigenvalue weighted by Gasteiger charge is -2.06. The lowest BCUT2D eigenvalue weighted by molar-refractivity contribution is 0.400. The quantitative estimate of drug-likeness (QED) is 0.798. The van der Waals surface area contributed by atoms with Gasteiger partial charge in [0.05, 0.1) is 10.5 Å². The number of rotatable bonds is 4. The molecule has 23 heavy (non-hydrogen) atoms. The molecular weight excluding hydrogens is 312 g/mol. The molecule has 0 bridgehead atoms. The van der Waals surface area contributed by atoms with Gasteiger partial charge in [0.25, 0.3) is 0 Å². The Kier molecular flexibility index (Phi) is 4.02. The monoisotopic (exact) mass is 328 g/mol. The summed E-state index contributed by atoms with van der Waals surface area (Å²) < 4.78 is 31.3. The van der Waals surface area contributed by atoms with Gasteiger partial charge in [-0.2, -0.15) is 0 Å². The fourth-order valence-corrected chi connectivity index (χ4v) is 3.15. The second-order valence-corrected chi connectivity index (χ2v) is 6.95. The van der Waals surface area contributed by atoms with E-state index >= 15 is 0 Å². The molecule has 0 aliphatic rings. The zero-order chi connectivity index (χ0) is 16.4. The van der Waals surface area contributed by atoms with E-state index in [1.165, 1.54) is 7.05 Å². The molecule has 3 rings (SSSR count). The van der Waals surface area contributed by atoms with Crippen LogP contribution in [0.1, 0.15) is 5.76 Å². The molecule has 0 amide bonds. The number of nitrogens with one attached hydrogen (secondary N) is 1. The summed E-state index contributed by atoms with van der Waals surface area (Å²) in [5.74, 6) is 0.688. The first-order valence-corrected chi connectivity index (χ1v) is 8.57. The van der Waals surface area contributed by atoms with Crippen molar-refractivity contribution in [2.24, 2.45) is 0 Å². The van der Waals surface area contributed by atoms with Gasteiger partial charge in [0.15, 0.2) is 0 Å². The molecule has 1 aromatic heterocycles. The van der Waals surface area contributed by atoms with Crippen LogP contribution in [0.15, 0.2) is 64.0 Å². The molecule has 1 N–H and O–H groups in total. The zero-order valence-electron chi connectivity index (χ0n) is 12.8. The lowest BCUT2D eigenvalue weighted by atomic mass is 10.00. The number of aryl methyl sites for hydroxylation is 1. The van der Waals surface area contributed by atoms with Crippen molar-refractivity contribution < 1.29 is 12.9 Å². The fraction of sp³-hybridized carbons (Fsp3) is 0.118. The minimum atomic E-state index is -3.45. The first-order valence-electron chi connectivity index (χ1n) is 7.08. The van der Waals surface area contributed by atoms with Gasteiger partial charge in [-0.25, -0.2) is 13.1 Å². The highest BCUT2D eigenvalue weighted by Crippen LogP contribution is 2.34. The number of aromatic nitrogens is 1. The molecule has 0 saturated heterocycles. The van der Waals surface area contributed by atoms with Crippen molar-refractivity contribution in [3.63, 3.8) is 0 Å². The predicted molar refractivity (Wildman–Crippen MR) is 88.4 cm³/mol. The van der Waals surface area contributed by atoms with Crippen LogP contribution in [-0.2, 0) is 10.0 Å². The summed E-state index contributed by atoms with van der Waals surface area (Å²) in [5, 5.41) is 4.14. The van der Waals surface area contributed by atoms with Gasteiger partial charge in [-0.3, -0.25) is 0 Å². The zero-order valence-corrected chi connectivity index (χ0v) is 13.6. The molecule has 118 valence electrons. The van der Waals surface area contributed by atoms with Gasteiger partial charge in [0, 0.05) is 5.56 Å². The number of hydrogen-bond donors (Lipinski definition) is 1. The molecule has 5 nitrogen and oxygen atoms in total. The highest BCUT2D eigenvalue weighted by atomic mass is 32.2. The third-order valence-corrected chi connectivity index (χ3v) is 5.06. The Hall–Kier alpha value is -2.44. The average molecular weight is 328 g/mol. The molecular formula is C17H16N2O3S. The summed E-state index contributed by atoms with van der Waals surface area (Å²) in [4.78, 5) is 0.221. The van der Waals surface area contributed by atoms with Gasteiger partial charge in [0.2, 0.25) is 10.0 Å². The minimum Gasteiger partial charge on any atom is -0.360 e. The number of benzene rings is 2. The van der Waals surface area contributed by atoms with Gasteiger partial charge >= 0.3 is 0 Å². The Balaban J connectivity index is 2.08. The molecule has 0 spiro atoms. The topological polar surface area (TPSA) is 72.2 Å². The summed E-state index contributed by atoms with van der Waals surface area (Å²) in [6.07, 6.45) is 0. The highest BCUT2D eigenvalue weighted by molar-refractivity contribution is 7.89. The van der Waals surface area contributed by atoms with Crippen LogP contribution in [0.2, 0.25) is 0 Å². The Bertz CT molecular complexity index is 914. The SMILES string of the molecule is CNS(=O)(=O)c1ccc(-c2c(-c3ccccc3)noc2C)cc1. The lowest BCUT2D eigenvalue weighted by Crippen LogP contribution is -2.18. The molecule has 0 aliphatic heterocycles. The Morgan fingerprint density at radius 2 is 1.61 bits per heavy atom. The maximum atomic E-state index is 11.8. The van der Waals surface area contributed by atoms with Crippen LogP contribution < -0.4 is 4.72 Å². The van der Waals surface area contributed by atoms with Crippen LogP contribution in [0.5, 0.6) is 0 Å². The minimum absolute atomic E-state index is 0.221. The number of sulfonamides is 1. The predicted octanol–water partition coefficient (Wildman–Crippen LogP) is 3.23. The second-order valence-electron chi connectivity index (χ2n) is 5.06. The van der Waals surface area contributed by atoms with Gasteiger partial charge in [-0.15, -0.1) is 0 Å². The van der Waals surface area contributed by atoms with Crippen molar-refractivity contribution in [2.45, 2.75) is 11.8 Å². The van der Waals surface area contributed by atoms with Crippen LogP contribution in [0.25, 0.3) is 22.4 Å². The van der Waals surface area contributed by atoms with E-state index in [2.05, 4.69) is 9.88 Å². The van der Waals surface area contributed by atoms with E-state index in [9.17, 15) is 8.42 Å². The van der Waals surface area contributed by atoms with Crippen molar-refractivity contribution >= 4 is 10.0 Å². The smallest absolute Gasteiger partial charge is 0.240 e. The normalized spacial score (nSPS) is 11.6. The first-order chi connectivity index (χ1) is 11.0. The highest BCUT2D eigenvalue weighted by Gasteiger charge is 2.17. The van der Waals surface area contributed by atoms with Crippen molar-refractivity contribution in [3.8, 4) is 22.4 Å². The molecule has 0 aliphatic carbocycles. The number of hydrogen-bond acceptors (Lipinski definition) is 4. The van der Waals surface area contributed by atoms with Gasteiger partial charge in [0.1, 0.15) is 11.5 Å². The number of nitrogens with zero attached hydrogens (tertiary/aromatic N) is 1. The maximum Gasteiger partial charge on any atom is 0.240 e. The summed E-state index contributed by atoms with van der Waals surface area (Å²) in [7, 11) is -2.06. The van der Waals surface area contributed by atoms with E-state index in [0.29, 0.717) is 5.76 Å². The van der Waals surface area contributed by atoms with Crippen LogP contribution in [0.4, 0.5) is 0 Å². The van der Waals surface area contributed by atoms with Crippen molar-refractivity contribution in [3.05, 3.63) is 60.4 Å². The standard InChI is InChI=1S/C17H16N2O3S/c1-12-16(17(19-22-12)14-6-4-3-5-7-14)13-8-10-15(11-9-13)23(20,21)18-2/h3-11,18H,1-2H3. The molecule has 0 radical (unpaired) electrons. The van der Waals surface area contributed by atoms with Crippen LogP contribution in [0.3, 0.4) is 0 Å². The summed E-state index contributed by atoms with van der Waals surface area (Å²) in [6.45, 7) is 1.84. The van der Waals surface area contributed by atoms with Crippen molar-refractivity contribution in [2.75, 3.05) is 7.05 Å². The van der Waals surface area contributed by atoms with E-state index in [1.807, 2.05) is 37.3 Å². The van der Waals surface area contributed by atoms with E-state index in [1.54, 1.807) is 24.3 Å². The van der Waals surface area contributed by atoms with E-state index in [4.69, 9.17) is 4.52 Å². The van der Waals surface area contributed by atoms with E-state index in [-0.39, 0.29) is 4.90 Å². The van der Waals surface area contributed by atoms with Crippen LogP contribution >= 0.6 is 0 Å². The molecule has 0 unspecified atom stereocenters. The van der Waals surface area contributed by atoms with Gasteiger partial charge < -0.3 is 4.52 Å². The largest absolute Gasteiger partial charge is 0.360 e. The Morgan fingerprint density at radius 1 is 0.957 bits per heavy atom. The molecule has 0 saturated carbocycles.